The molecule has 11 nitrogen and oxygen atoms in total. The molecule has 0 aliphatic rings. The number of azide groups is 1. The Labute approximate surface area is 218 Å². The van der Waals surface area contributed by atoms with Crippen molar-refractivity contribution < 1.29 is 19.3 Å². The molecular weight excluding hydrogens is 488 g/mol. The molecule has 0 spiro atoms. The van der Waals surface area contributed by atoms with Gasteiger partial charge in [-0.05, 0) is 42.6 Å². The van der Waals surface area contributed by atoms with Crippen LogP contribution in [0.4, 0.5) is 17.1 Å². The van der Waals surface area contributed by atoms with E-state index < -0.39 is 22.8 Å². The highest BCUT2D eigenvalue weighted by atomic mass is 16.6. The van der Waals surface area contributed by atoms with Gasteiger partial charge in [-0.15, -0.1) is 0 Å². The van der Waals surface area contributed by atoms with E-state index in [1.807, 2.05) is 6.92 Å². The maximum absolute atomic E-state index is 14.1. The zero-order valence-corrected chi connectivity index (χ0v) is 20.9. The van der Waals surface area contributed by atoms with Crippen molar-refractivity contribution in [2.75, 3.05) is 11.4 Å². The number of para-hydroxylation sites is 1. The Morgan fingerprint density at radius 3 is 2.47 bits per heavy atom. The molecule has 0 heterocycles. The fourth-order valence-corrected chi connectivity index (χ4v) is 3.98. The van der Waals surface area contributed by atoms with Crippen LogP contribution in [-0.4, -0.2) is 29.1 Å². The zero-order valence-electron chi connectivity index (χ0n) is 20.9. The number of benzene rings is 3. The highest BCUT2D eigenvalue weighted by Gasteiger charge is 2.36. The van der Waals surface area contributed by atoms with Gasteiger partial charge in [0, 0.05) is 40.4 Å². The second kappa shape index (κ2) is 12.8. The van der Waals surface area contributed by atoms with Crippen molar-refractivity contribution in [2.45, 2.75) is 32.7 Å². The predicted molar refractivity (Wildman–Crippen MR) is 142 cm³/mol. The number of nitro groups is 1. The third-order valence-corrected chi connectivity index (χ3v) is 5.79. The molecule has 2 amide bonds. The molecule has 0 fully saturated rings. The van der Waals surface area contributed by atoms with Crippen LogP contribution in [0.3, 0.4) is 0 Å². The Balaban J connectivity index is 2.33. The summed E-state index contributed by atoms with van der Waals surface area (Å²) < 4.78 is 0. The number of amides is 2. The van der Waals surface area contributed by atoms with Crippen LogP contribution in [0.2, 0.25) is 0 Å². The van der Waals surface area contributed by atoms with Crippen molar-refractivity contribution in [1.29, 1.82) is 0 Å². The van der Waals surface area contributed by atoms with Gasteiger partial charge in [0.1, 0.15) is 6.04 Å². The molecule has 1 atom stereocenters. The van der Waals surface area contributed by atoms with Crippen LogP contribution in [0.5, 0.6) is 0 Å². The van der Waals surface area contributed by atoms with Crippen LogP contribution in [-0.2, 0) is 4.79 Å². The number of hydrogen-bond donors (Lipinski definition) is 1. The third-order valence-electron chi connectivity index (χ3n) is 5.79. The largest absolute Gasteiger partial charge is 0.354 e. The van der Waals surface area contributed by atoms with Crippen LogP contribution in [0.1, 0.15) is 59.0 Å². The van der Waals surface area contributed by atoms with Crippen molar-refractivity contribution in [1.82, 2.24) is 5.32 Å². The molecular formula is C27H26N6O5. The summed E-state index contributed by atoms with van der Waals surface area (Å²) in [6.07, 6.45) is 1.49. The molecule has 0 radical (unpaired) electrons. The van der Waals surface area contributed by atoms with Gasteiger partial charge in [0.25, 0.3) is 11.6 Å². The number of nitrogens with one attached hydrogen (secondary N) is 1. The van der Waals surface area contributed by atoms with Crippen molar-refractivity contribution in [2.24, 2.45) is 5.11 Å². The number of hydrogen-bond acceptors (Lipinski definition) is 6. The van der Waals surface area contributed by atoms with Gasteiger partial charge in [0.15, 0.2) is 5.78 Å². The van der Waals surface area contributed by atoms with E-state index in [1.165, 1.54) is 43.3 Å². The Kier molecular flexibility index (Phi) is 9.28. The fraction of sp³-hybridized carbons (Fsp3) is 0.222. The summed E-state index contributed by atoms with van der Waals surface area (Å²) in [7, 11) is 0. The first kappa shape index (κ1) is 27.6. The lowest BCUT2D eigenvalue weighted by atomic mass is 9.98. The van der Waals surface area contributed by atoms with E-state index in [0.717, 1.165) is 17.4 Å². The molecule has 0 bridgehead atoms. The standard InChI is InChI=1S/C27H26N6O5/c1-3-4-16-29-26(35)25(22-13-5-7-14-23(22)30-31-28)32(24-15-8-6-12-21(24)18(2)34)27(36)19-10-9-11-20(17-19)33(37)38/h5-15,17,25H,3-4,16H2,1-2H3,(H,29,35). The number of rotatable bonds is 11. The lowest BCUT2D eigenvalue weighted by Gasteiger charge is -2.33. The molecule has 0 saturated heterocycles. The summed E-state index contributed by atoms with van der Waals surface area (Å²) in [5, 5.41) is 18.0. The molecule has 0 aliphatic heterocycles. The molecule has 11 heteroatoms. The molecule has 3 aromatic carbocycles. The number of nitrogens with zero attached hydrogens (tertiary/aromatic N) is 5. The molecule has 38 heavy (non-hydrogen) atoms. The van der Waals surface area contributed by atoms with Gasteiger partial charge in [-0.1, -0.05) is 60.9 Å². The number of ketones is 1. The van der Waals surface area contributed by atoms with Crippen LogP contribution in [0.15, 0.2) is 77.9 Å². The number of anilines is 1. The smallest absolute Gasteiger partial charge is 0.270 e. The highest BCUT2D eigenvalue weighted by Crippen LogP contribution is 2.37. The van der Waals surface area contributed by atoms with E-state index in [-0.39, 0.29) is 39.5 Å². The Hall–Kier alpha value is -5.02. The lowest BCUT2D eigenvalue weighted by Crippen LogP contribution is -2.45. The first-order valence-corrected chi connectivity index (χ1v) is 11.9. The number of carbonyl (C=O) groups is 3. The van der Waals surface area contributed by atoms with E-state index >= 15 is 0 Å². The minimum absolute atomic E-state index is 0.0646. The third kappa shape index (κ3) is 6.21. The van der Waals surface area contributed by atoms with Gasteiger partial charge in [0.05, 0.1) is 10.6 Å². The lowest BCUT2D eigenvalue weighted by molar-refractivity contribution is -0.384. The van der Waals surface area contributed by atoms with Gasteiger partial charge in [0.2, 0.25) is 5.91 Å². The second-order valence-electron chi connectivity index (χ2n) is 8.35. The second-order valence-corrected chi connectivity index (χ2v) is 8.35. The normalized spacial score (nSPS) is 11.1. The summed E-state index contributed by atoms with van der Waals surface area (Å²) >= 11 is 0. The molecule has 0 aliphatic carbocycles. The SMILES string of the molecule is CCCCNC(=O)C(c1ccccc1N=[N+]=[N-])N(C(=O)c1cccc([N+](=O)[O-])c1)c1ccccc1C(C)=O. The van der Waals surface area contributed by atoms with E-state index in [2.05, 4.69) is 15.3 Å². The molecule has 1 N–H and O–H groups in total. The molecule has 0 saturated carbocycles. The summed E-state index contributed by atoms with van der Waals surface area (Å²) in [6, 6.07) is 16.3. The van der Waals surface area contributed by atoms with E-state index in [0.29, 0.717) is 13.0 Å². The highest BCUT2D eigenvalue weighted by molar-refractivity contribution is 6.14. The average Bonchev–Trinajstić information content (AvgIpc) is 2.92. The van der Waals surface area contributed by atoms with Crippen molar-refractivity contribution in [3.05, 3.63) is 110 Å². The summed E-state index contributed by atoms with van der Waals surface area (Å²) in [6.45, 7) is 3.61. The minimum Gasteiger partial charge on any atom is -0.354 e. The monoisotopic (exact) mass is 514 g/mol. The van der Waals surface area contributed by atoms with Crippen LogP contribution >= 0.6 is 0 Å². The quantitative estimate of drug-likeness (QED) is 0.0627. The summed E-state index contributed by atoms with van der Waals surface area (Å²) in [4.78, 5) is 55.2. The molecule has 3 aromatic rings. The van der Waals surface area contributed by atoms with E-state index in [4.69, 9.17) is 5.53 Å². The minimum atomic E-state index is -1.37. The molecule has 3 rings (SSSR count). The predicted octanol–water partition coefficient (Wildman–Crippen LogP) is 6.04. The number of carbonyl (C=O) groups excluding carboxylic acids is 3. The summed E-state index contributed by atoms with van der Waals surface area (Å²) in [5.74, 6) is -1.68. The maximum Gasteiger partial charge on any atom is 0.270 e. The number of nitro benzene ring substituents is 1. The van der Waals surface area contributed by atoms with Crippen LogP contribution in [0.25, 0.3) is 10.4 Å². The van der Waals surface area contributed by atoms with E-state index in [9.17, 15) is 24.5 Å². The zero-order chi connectivity index (χ0) is 27.7. The van der Waals surface area contributed by atoms with Crippen LogP contribution in [0, 0.1) is 10.1 Å². The summed E-state index contributed by atoms with van der Waals surface area (Å²) in [5.41, 5.74) is 9.40. The molecule has 1 unspecified atom stereocenters. The van der Waals surface area contributed by atoms with Gasteiger partial charge < -0.3 is 5.32 Å². The van der Waals surface area contributed by atoms with Crippen molar-refractivity contribution >= 4 is 34.7 Å². The molecule has 194 valence electrons. The maximum atomic E-state index is 14.1. The Morgan fingerprint density at radius 1 is 1.08 bits per heavy atom. The first-order valence-electron chi connectivity index (χ1n) is 11.9. The fourth-order valence-electron chi connectivity index (χ4n) is 3.98. The Morgan fingerprint density at radius 2 is 1.79 bits per heavy atom. The molecule has 0 aromatic heterocycles. The van der Waals surface area contributed by atoms with E-state index in [1.54, 1.807) is 30.3 Å². The number of unbranched alkanes of at least 4 members (excludes halogenated alkanes) is 1. The van der Waals surface area contributed by atoms with Gasteiger partial charge >= 0.3 is 0 Å². The van der Waals surface area contributed by atoms with Gasteiger partial charge in [-0.2, -0.15) is 0 Å². The number of Topliss-reactive ketones (excluding diaryl/α,β-unsaturated/α-hetero) is 1. The first-order chi connectivity index (χ1) is 18.3. The van der Waals surface area contributed by atoms with Gasteiger partial charge in [-0.25, -0.2) is 0 Å². The van der Waals surface area contributed by atoms with Crippen molar-refractivity contribution in [3.8, 4) is 0 Å². The van der Waals surface area contributed by atoms with Crippen molar-refractivity contribution in [3.63, 3.8) is 0 Å². The van der Waals surface area contributed by atoms with Crippen LogP contribution < -0.4 is 10.2 Å². The average molecular weight is 515 g/mol. The topological polar surface area (TPSA) is 158 Å². The Bertz CT molecular complexity index is 1420. The number of non-ortho nitro benzene ring substituents is 1. The van der Waals surface area contributed by atoms with Gasteiger partial charge in [-0.3, -0.25) is 29.4 Å².